The topological polar surface area (TPSA) is 46.9 Å². The van der Waals surface area contributed by atoms with Crippen molar-refractivity contribution in [2.24, 2.45) is 0 Å². The third kappa shape index (κ3) is 2.46. The lowest BCUT2D eigenvalue weighted by Crippen LogP contribution is -2.09. The summed E-state index contributed by atoms with van der Waals surface area (Å²) in [6.07, 6.45) is 5.11. The lowest BCUT2D eigenvalue weighted by atomic mass is 9.94. The van der Waals surface area contributed by atoms with Crippen LogP contribution in [-0.2, 0) is 6.54 Å². The highest BCUT2D eigenvalue weighted by Crippen LogP contribution is 2.33. The van der Waals surface area contributed by atoms with Crippen LogP contribution in [0, 0.1) is 0 Å². The van der Waals surface area contributed by atoms with Crippen LogP contribution in [0.1, 0.15) is 41.6 Å². The van der Waals surface area contributed by atoms with Crippen molar-refractivity contribution < 1.29 is 4.79 Å². The summed E-state index contributed by atoms with van der Waals surface area (Å²) in [6.45, 7) is 3.81. The molecule has 0 amide bonds. The molecule has 1 N–H and O–H groups in total. The molecule has 2 heterocycles. The predicted octanol–water partition coefficient (Wildman–Crippen LogP) is 3.08. The van der Waals surface area contributed by atoms with Gasteiger partial charge in [-0.05, 0) is 18.1 Å². The molecule has 1 aromatic heterocycles. The summed E-state index contributed by atoms with van der Waals surface area (Å²) < 4.78 is 1.84. The molecule has 1 unspecified atom stereocenters. The standard InChI is InChI=1S/C16H19N3O/c1-2-7-19-11-13(10-18-19)16(20)8-12-9-17-15-6-4-3-5-14(12)15/h3-6,10-12,17H,2,7-9H2,1H3. The normalized spacial score (nSPS) is 16.8. The molecule has 4 nitrogen and oxygen atoms in total. The average molecular weight is 269 g/mol. The lowest BCUT2D eigenvalue weighted by Gasteiger charge is -2.08. The molecule has 0 spiro atoms. The van der Waals surface area contributed by atoms with E-state index in [0.29, 0.717) is 6.42 Å². The summed E-state index contributed by atoms with van der Waals surface area (Å²) in [5.74, 6) is 0.448. The first kappa shape index (κ1) is 12.9. The number of carbonyl (C=O) groups is 1. The summed E-state index contributed by atoms with van der Waals surface area (Å²) >= 11 is 0. The molecule has 0 bridgehead atoms. The van der Waals surface area contributed by atoms with Gasteiger partial charge in [-0.2, -0.15) is 5.10 Å². The first-order valence-corrected chi connectivity index (χ1v) is 7.16. The Morgan fingerprint density at radius 1 is 1.45 bits per heavy atom. The summed E-state index contributed by atoms with van der Waals surface area (Å²) in [4.78, 5) is 12.3. The summed E-state index contributed by atoms with van der Waals surface area (Å²) in [5, 5.41) is 7.59. The number of carbonyl (C=O) groups excluding carboxylic acids is 1. The molecular formula is C16H19N3O. The predicted molar refractivity (Wildman–Crippen MR) is 79.1 cm³/mol. The Balaban J connectivity index is 1.70. The first-order chi connectivity index (χ1) is 9.78. The number of hydrogen-bond acceptors (Lipinski definition) is 3. The van der Waals surface area contributed by atoms with Gasteiger partial charge in [0.15, 0.2) is 5.78 Å². The van der Waals surface area contributed by atoms with Crippen LogP contribution >= 0.6 is 0 Å². The fraction of sp³-hybridized carbons (Fsp3) is 0.375. The number of nitrogens with zero attached hydrogens (tertiary/aromatic N) is 2. The fourth-order valence-electron chi connectivity index (χ4n) is 2.74. The van der Waals surface area contributed by atoms with Crippen LogP contribution in [0.3, 0.4) is 0 Å². The second-order valence-corrected chi connectivity index (χ2v) is 5.28. The molecule has 3 rings (SSSR count). The van der Waals surface area contributed by atoms with Crippen LogP contribution in [0.5, 0.6) is 0 Å². The molecule has 0 saturated heterocycles. The van der Waals surface area contributed by atoms with E-state index in [-0.39, 0.29) is 11.7 Å². The maximum atomic E-state index is 12.3. The zero-order chi connectivity index (χ0) is 13.9. The van der Waals surface area contributed by atoms with Gasteiger partial charge in [0.2, 0.25) is 0 Å². The van der Waals surface area contributed by atoms with Crippen molar-refractivity contribution in [2.45, 2.75) is 32.2 Å². The minimum absolute atomic E-state index is 0.177. The van der Waals surface area contributed by atoms with Crippen LogP contribution < -0.4 is 5.32 Å². The van der Waals surface area contributed by atoms with Crippen molar-refractivity contribution in [1.29, 1.82) is 0 Å². The highest BCUT2D eigenvalue weighted by Gasteiger charge is 2.24. The SMILES string of the molecule is CCCn1cc(C(=O)CC2CNc3ccccc32)cn1. The van der Waals surface area contributed by atoms with Gasteiger partial charge < -0.3 is 5.32 Å². The van der Waals surface area contributed by atoms with Gasteiger partial charge in [0.05, 0.1) is 11.8 Å². The van der Waals surface area contributed by atoms with Crippen molar-refractivity contribution in [3.05, 3.63) is 47.8 Å². The largest absolute Gasteiger partial charge is 0.384 e. The lowest BCUT2D eigenvalue weighted by molar-refractivity contribution is 0.0975. The number of aromatic nitrogens is 2. The van der Waals surface area contributed by atoms with Crippen molar-refractivity contribution in [3.63, 3.8) is 0 Å². The molecular weight excluding hydrogens is 250 g/mol. The molecule has 104 valence electrons. The summed E-state index contributed by atoms with van der Waals surface area (Å²) in [6, 6.07) is 8.22. The molecule has 0 radical (unpaired) electrons. The quantitative estimate of drug-likeness (QED) is 0.848. The van der Waals surface area contributed by atoms with E-state index in [1.807, 2.05) is 23.0 Å². The van der Waals surface area contributed by atoms with Crippen LogP contribution in [0.2, 0.25) is 0 Å². The maximum Gasteiger partial charge on any atom is 0.166 e. The molecule has 20 heavy (non-hydrogen) atoms. The van der Waals surface area contributed by atoms with Crippen molar-refractivity contribution >= 4 is 11.5 Å². The summed E-state index contributed by atoms with van der Waals surface area (Å²) in [5.41, 5.74) is 3.14. The number of hydrogen-bond donors (Lipinski definition) is 1. The molecule has 1 aliphatic heterocycles. The first-order valence-electron chi connectivity index (χ1n) is 7.16. The summed E-state index contributed by atoms with van der Waals surface area (Å²) in [7, 11) is 0. The second-order valence-electron chi connectivity index (χ2n) is 5.28. The number of fused-ring (bicyclic) bond motifs is 1. The van der Waals surface area contributed by atoms with Crippen molar-refractivity contribution in [1.82, 2.24) is 9.78 Å². The fourth-order valence-corrected chi connectivity index (χ4v) is 2.74. The van der Waals surface area contributed by atoms with E-state index in [4.69, 9.17) is 0 Å². The maximum absolute atomic E-state index is 12.3. The Morgan fingerprint density at radius 3 is 3.15 bits per heavy atom. The van der Waals surface area contributed by atoms with Crippen LogP contribution in [-0.4, -0.2) is 22.1 Å². The smallest absolute Gasteiger partial charge is 0.166 e. The van der Waals surface area contributed by atoms with Gasteiger partial charge in [-0.15, -0.1) is 0 Å². The van der Waals surface area contributed by atoms with Crippen molar-refractivity contribution in [2.75, 3.05) is 11.9 Å². The third-order valence-electron chi connectivity index (χ3n) is 3.78. The Kier molecular flexibility index (Phi) is 3.54. The zero-order valence-electron chi connectivity index (χ0n) is 11.7. The minimum Gasteiger partial charge on any atom is -0.384 e. The molecule has 0 aliphatic carbocycles. The van der Waals surface area contributed by atoms with E-state index >= 15 is 0 Å². The Labute approximate surface area is 118 Å². The Morgan fingerprint density at radius 2 is 2.30 bits per heavy atom. The van der Waals surface area contributed by atoms with E-state index in [9.17, 15) is 4.79 Å². The Hall–Kier alpha value is -2.10. The van der Waals surface area contributed by atoms with Gasteiger partial charge in [0.25, 0.3) is 0 Å². The van der Waals surface area contributed by atoms with Gasteiger partial charge in [0.1, 0.15) is 0 Å². The van der Waals surface area contributed by atoms with Gasteiger partial charge in [-0.25, -0.2) is 0 Å². The van der Waals surface area contributed by atoms with E-state index in [1.165, 1.54) is 5.56 Å². The number of Topliss-reactive ketones (excluding diaryl/α,β-unsaturated/α-hetero) is 1. The van der Waals surface area contributed by atoms with Crippen LogP contribution in [0.25, 0.3) is 0 Å². The average Bonchev–Trinajstić information content (AvgIpc) is 3.07. The molecule has 0 fully saturated rings. The highest BCUT2D eigenvalue weighted by atomic mass is 16.1. The number of aryl methyl sites for hydroxylation is 1. The van der Waals surface area contributed by atoms with Crippen molar-refractivity contribution in [3.8, 4) is 0 Å². The van der Waals surface area contributed by atoms with E-state index in [1.54, 1.807) is 6.20 Å². The van der Waals surface area contributed by atoms with Gasteiger partial charge in [-0.1, -0.05) is 25.1 Å². The monoisotopic (exact) mass is 269 g/mol. The molecule has 1 aromatic carbocycles. The zero-order valence-corrected chi connectivity index (χ0v) is 11.7. The highest BCUT2D eigenvalue weighted by molar-refractivity contribution is 5.96. The molecule has 1 atom stereocenters. The molecule has 0 saturated carbocycles. The number of benzene rings is 1. The minimum atomic E-state index is 0.177. The number of para-hydroxylation sites is 1. The third-order valence-corrected chi connectivity index (χ3v) is 3.78. The van der Waals surface area contributed by atoms with Crippen LogP contribution in [0.4, 0.5) is 5.69 Å². The molecule has 4 heteroatoms. The van der Waals surface area contributed by atoms with E-state index in [2.05, 4.69) is 29.5 Å². The van der Waals surface area contributed by atoms with E-state index in [0.717, 1.165) is 30.8 Å². The van der Waals surface area contributed by atoms with E-state index < -0.39 is 0 Å². The van der Waals surface area contributed by atoms with Gasteiger partial charge in [0, 0.05) is 37.3 Å². The van der Waals surface area contributed by atoms with Gasteiger partial charge >= 0.3 is 0 Å². The number of ketones is 1. The number of anilines is 1. The van der Waals surface area contributed by atoms with Gasteiger partial charge in [-0.3, -0.25) is 9.48 Å². The molecule has 1 aliphatic rings. The van der Waals surface area contributed by atoms with Crippen LogP contribution in [0.15, 0.2) is 36.7 Å². The Bertz CT molecular complexity index is 618. The number of nitrogens with one attached hydrogen (secondary N) is 1. The molecule has 2 aromatic rings. The number of rotatable bonds is 5. The second kappa shape index (κ2) is 5.49.